The van der Waals surface area contributed by atoms with Crippen molar-refractivity contribution in [2.75, 3.05) is 0 Å². The minimum Gasteiger partial charge on any atom is -0.434 e. The number of ether oxygens (including phenoxy) is 1. The predicted octanol–water partition coefficient (Wildman–Crippen LogP) is 2.64. The summed E-state index contributed by atoms with van der Waals surface area (Å²) in [6.07, 6.45) is 7.63. The maximum Gasteiger partial charge on any atom is 0.236 e. The quantitative estimate of drug-likeness (QED) is 0.865. The van der Waals surface area contributed by atoms with Crippen LogP contribution in [0.2, 0.25) is 0 Å². The molecule has 0 aliphatic rings. The summed E-state index contributed by atoms with van der Waals surface area (Å²) in [6.45, 7) is 2.98. The second-order valence-electron chi connectivity index (χ2n) is 3.22. The smallest absolute Gasteiger partial charge is 0.236 e. The minimum atomic E-state index is 0.492. The molecule has 2 rings (SSSR count). The molecule has 2 aromatic heterocycles. The van der Waals surface area contributed by atoms with Crippen molar-refractivity contribution in [1.29, 1.82) is 0 Å². The number of nitrogens with zero attached hydrogens (tertiary/aromatic N) is 4. The van der Waals surface area contributed by atoms with Crippen LogP contribution in [0.25, 0.3) is 0 Å². The molecule has 0 fully saturated rings. The molecule has 0 unspecified atom stereocenters. The lowest BCUT2D eigenvalue weighted by Crippen LogP contribution is -1.95. The van der Waals surface area contributed by atoms with Gasteiger partial charge in [-0.05, 0) is 22.4 Å². The standard InChI is InChI=1S/C10H11BrN4O/c1-2-3-15-6-8(4-14-15)16-10-9(11)5-12-7-13-10/h4-7H,2-3H2,1H3. The van der Waals surface area contributed by atoms with Gasteiger partial charge in [0.15, 0.2) is 5.75 Å². The van der Waals surface area contributed by atoms with E-state index in [1.54, 1.807) is 12.4 Å². The Morgan fingerprint density at radius 2 is 2.31 bits per heavy atom. The Kier molecular flexibility index (Phi) is 3.51. The molecule has 0 radical (unpaired) electrons. The predicted molar refractivity (Wildman–Crippen MR) is 62.3 cm³/mol. The number of rotatable bonds is 4. The Hall–Kier alpha value is -1.43. The molecular formula is C10H11BrN4O. The number of aryl methyl sites for hydroxylation is 1. The van der Waals surface area contributed by atoms with E-state index in [2.05, 4.69) is 37.9 Å². The second-order valence-corrected chi connectivity index (χ2v) is 4.07. The highest BCUT2D eigenvalue weighted by Gasteiger charge is 2.05. The van der Waals surface area contributed by atoms with Gasteiger partial charge in [0.05, 0.1) is 16.9 Å². The maximum absolute atomic E-state index is 5.55. The van der Waals surface area contributed by atoms with Crippen molar-refractivity contribution >= 4 is 15.9 Å². The Balaban J connectivity index is 2.11. The third-order valence-corrected chi connectivity index (χ3v) is 2.45. The van der Waals surface area contributed by atoms with Gasteiger partial charge < -0.3 is 4.74 Å². The average Bonchev–Trinajstić information content (AvgIpc) is 2.70. The first-order valence-electron chi connectivity index (χ1n) is 4.95. The lowest BCUT2D eigenvalue weighted by atomic mass is 10.5. The van der Waals surface area contributed by atoms with Gasteiger partial charge in [-0.25, -0.2) is 9.97 Å². The van der Waals surface area contributed by atoms with E-state index in [0.717, 1.165) is 17.4 Å². The SMILES string of the molecule is CCCn1cc(Oc2ncncc2Br)cn1. The third-order valence-electron chi connectivity index (χ3n) is 1.91. The largest absolute Gasteiger partial charge is 0.434 e. The molecule has 84 valence electrons. The fraction of sp³-hybridized carbons (Fsp3) is 0.300. The molecule has 0 amide bonds. The first-order chi connectivity index (χ1) is 7.79. The van der Waals surface area contributed by atoms with Gasteiger partial charge in [0.1, 0.15) is 6.33 Å². The highest BCUT2D eigenvalue weighted by atomic mass is 79.9. The van der Waals surface area contributed by atoms with E-state index in [-0.39, 0.29) is 0 Å². The molecule has 2 aromatic rings. The zero-order chi connectivity index (χ0) is 11.4. The van der Waals surface area contributed by atoms with Crippen molar-refractivity contribution in [2.24, 2.45) is 0 Å². The van der Waals surface area contributed by atoms with Crippen LogP contribution in [-0.2, 0) is 6.54 Å². The van der Waals surface area contributed by atoms with Crippen molar-refractivity contribution in [3.05, 3.63) is 29.4 Å². The van der Waals surface area contributed by atoms with E-state index in [9.17, 15) is 0 Å². The van der Waals surface area contributed by atoms with Crippen LogP contribution in [0.4, 0.5) is 0 Å². The molecule has 2 heterocycles. The number of hydrogen-bond donors (Lipinski definition) is 0. The molecule has 0 spiro atoms. The second kappa shape index (κ2) is 5.07. The molecule has 16 heavy (non-hydrogen) atoms. The van der Waals surface area contributed by atoms with Gasteiger partial charge >= 0.3 is 0 Å². The Morgan fingerprint density at radius 1 is 1.44 bits per heavy atom. The topological polar surface area (TPSA) is 52.8 Å². The summed E-state index contributed by atoms with van der Waals surface area (Å²) in [5, 5.41) is 4.16. The highest BCUT2D eigenvalue weighted by molar-refractivity contribution is 9.10. The van der Waals surface area contributed by atoms with Gasteiger partial charge in [-0.15, -0.1) is 0 Å². The van der Waals surface area contributed by atoms with E-state index in [1.807, 2.05) is 10.9 Å². The van der Waals surface area contributed by atoms with Crippen molar-refractivity contribution < 1.29 is 4.74 Å². The normalized spacial score (nSPS) is 10.4. The fourth-order valence-electron chi connectivity index (χ4n) is 1.24. The van der Waals surface area contributed by atoms with Crippen LogP contribution in [0.5, 0.6) is 11.6 Å². The Bertz CT molecular complexity index is 471. The molecule has 0 aromatic carbocycles. The molecule has 0 N–H and O–H groups in total. The lowest BCUT2D eigenvalue weighted by Gasteiger charge is -2.02. The van der Waals surface area contributed by atoms with Crippen molar-refractivity contribution in [1.82, 2.24) is 19.7 Å². The zero-order valence-electron chi connectivity index (χ0n) is 8.80. The minimum absolute atomic E-state index is 0.492. The monoisotopic (exact) mass is 282 g/mol. The Morgan fingerprint density at radius 3 is 3.06 bits per heavy atom. The lowest BCUT2D eigenvalue weighted by molar-refractivity contribution is 0.456. The first-order valence-corrected chi connectivity index (χ1v) is 5.74. The number of aromatic nitrogens is 4. The number of halogens is 1. The summed E-state index contributed by atoms with van der Waals surface area (Å²) in [5.41, 5.74) is 0. The van der Waals surface area contributed by atoms with Gasteiger partial charge in [-0.2, -0.15) is 5.10 Å². The molecule has 0 atom stereocenters. The zero-order valence-corrected chi connectivity index (χ0v) is 10.4. The molecular weight excluding hydrogens is 272 g/mol. The van der Waals surface area contributed by atoms with E-state index >= 15 is 0 Å². The Labute approximate surface area is 102 Å². The van der Waals surface area contributed by atoms with Gasteiger partial charge in [-0.3, -0.25) is 4.68 Å². The molecule has 0 saturated heterocycles. The van der Waals surface area contributed by atoms with E-state index in [1.165, 1.54) is 6.33 Å². The summed E-state index contributed by atoms with van der Waals surface area (Å²) in [4.78, 5) is 7.87. The maximum atomic E-state index is 5.55. The van der Waals surface area contributed by atoms with Gasteiger partial charge in [0, 0.05) is 12.7 Å². The number of hydrogen-bond acceptors (Lipinski definition) is 4. The summed E-state index contributed by atoms with van der Waals surface area (Å²) in [5.74, 6) is 1.17. The van der Waals surface area contributed by atoms with Gasteiger partial charge in [-0.1, -0.05) is 6.92 Å². The van der Waals surface area contributed by atoms with Crippen LogP contribution in [0.3, 0.4) is 0 Å². The van der Waals surface area contributed by atoms with Crippen LogP contribution < -0.4 is 4.74 Å². The summed E-state index contributed by atoms with van der Waals surface area (Å²) in [6, 6.07) is 0. The summed E-state index contributed by atoms with van der Waals surface area (Å²) < 4.78 is 8.11. The van der Waals surface area contributed by atoms with Gasteiger partial charge in [0.25, 0.3) is 0 Å². The van der Waals surface area contributed by atoms with Gasteiger partial charge in [0.2, 0.25) is 5.88 Å². The van der Waals surface area contributed by atoms with Crippen LogP contribution in [0, 0.1) is 0 Å². The van der Waals surface area contributed by atoms with Crippen molar-refractivity contribution in [3.63, 3.8) is 0 Å². The molecule has 6 heteroatoms. The summed E-state index contributed by atoms with van der Waals surface area (Å²) in [7, 11) is 0. The fourth-order valence-corrected chi connectivity index (χ4v) is 1.54. The first kappa shape index (κ1) is 11.1. The van der Waals surface area contributed by atoms with Crippen LogP contribution in [0.15, 0.2) is 29.4 Å². The van der Waals surface area contributed by atoms with Crippen molar-refractivity contribution in [3.8, 4) is 11.6 Å². The van der Waals surface area contributed by atoms with Crippen LogP contribution in [-0.4, -0.2) is 19.7 Å². The van der Waals surface area contributed by atoms with Crippen LogP contribution >= 0.6 is 15.9 Å². The molecule has 0 aliphatic carbocycles. The third kappa shape index (κ3) is 2.57. The van der Waals surface area contributed by atoms with E-state index in [4.69, 9.17) is 4.74 Å². The molecule has 0 aliphatic heterocycles. The molecule has 0 bridgehead atoms. The van der Waals surface area contributed by atoms with E-state index < -0.39 is 0 Å². The molecule has 0 saturated carbocycles. The molecule has 5 nitrogen and oxygen atoms in total. The summed E-state index contributed by atoms with van der Waals surface area (Å²) >= 11 is 3.31. The van der Waals surface area contributed by atoms with Crippen LogP contribution in [0.1, 0.15) is 13.3 Å². The highest BCUT2D eigenvalue weighted by Crippen LogP contribution is 2.25. The van der Waals surface area contributed by atoms with Crippen molar-refractivity contribution in [2.45, 2.75) is 19.9 Å². The van der Waals surface area contributed by atoms with E-state index in [0.29, 0.717) is 11.6 Å². The average molecular weight is 283 g/mol.